The Kier molecular flexibility index (Phi) is 6.32. The van der Waals surface area contributed by atoms with E-state index in [4.69, 9.17) is 4.74 Å². The first-order chi connectivity index (χ1) is 7.70. The van der Waals surface area contributed by atoms with E-state index < -0.39 is 5.60 Å². The summed E-state index contributed by atoms with van der Waals surface area (Å²) in [5.74, 6) is 0.827. The molecular weight excluding hydrogens is 202 g/mol. The predicted octanol–water partition coefficient (Wildman–Crippen LogP) is 1.94. The van der Waals surface area contributed by atoms with Crippen LogP contribution in [0, 0.1) is 5.92 Å². The van der Waals surface area contributed by atoms with Crippen molar-refractivity contribution in [3.05, 3.63) is 0 Å². The Bertz CT molecular complexity index is 187. The van der Waals surface area contributed by atoms with Gasteiger partial charge in [0.1, 0.15) is 0 Å². The lowest BCUT2D eigenvalue weighted by atomic mass is 9.93. The largest absolute Gasteiger partial charge is 0.389 e. The lowest BCUT2D eigenvalue weighted by molar-refractivity contribution is 0.0230. The van der Waals surface area contributed by atoms with E-state index >= 15 is 0 Å². The van der Waals surface area contributed by atoms with Crippen LogP contribution in [0.5, 0.6) is 0 Å². The first-order valence-electron chi connectivity index (χ1n) is 6.62. The number of nitrogens with one attached hydrogen (secondary N) is 1. The Balaban J connectivity index is 2.26. The number of methoxy groups -OCH3 is 1. The average Bonchev–Trinajstić information content (AvgIpc) is 2.47. The number of hydrogen-bond acceptors (Lipinski definition) is 3. The summed E-state index contributed by atoms with van der Waals surface area (Å²) in [4.78, 5) is 0. The Hall–Kier alpha value is -0.120. The second-order valence-electron chi connectivity index (χ2n) is 5.10. The number of ether oxygens (including phenoxy) is 1. The third-order valence-corrected chi connectivity index (χ3v) is 3.79. The molecule has 2 N–H and O–H groups in total. The molecule has 0 amide bonds. The average molecular weight is 229 g/mol. The summed E-state index contributed by atoms with van der Waals surface area (Å²) in [6.45, 7) is 4.52. The fourth-order valence-corrected chi connectivity index (χ4v) is 2.54. The quantitative estimate of drug-likeness (QED) is 0.540. The fourth-order valence-electron chi connectivity index (χ4n) is 2.54. The molecule has 1 aliphatic rings. The summed E-state index contributed by atoms with van der Waals surface area (Å²) in [6.07, 6.45) is 6.79. The molecule has 16 heavy (non-hydrogen) atoms. The van der Waals surface area contributed by atoms with Gasteiger partial charge in [-0.1, -0.05) is 26.2 Å². The summed E-state index contributed by atoms with van der Waals surface area (Å²) in [6, 6.07) is 0. The van der Waals surface area contributed by atoms with Crippen LogP contribution >= 0.6 is 0 Å². The van der Waals surface area contributed by atoms with Crippen LogP contribution in [0.3, 0.4) is 0 Å². The van der Waals surface area contributed by atoms with Gasteiger partial charge >= 0.3 is 0 Å². The molecule has 2 atom stereocenters. The molecule has 0 saturated heterocycles. The van der Waals surface area contributed by atoms with E-state index in [-0.39, 0.29) is 0 Å². The normalized spacial score (nSPS) is 31.3. The Labute approximate surface area is 99.6 Å². The summed E-state index contributed by atoms with van der Waals surface area (Å²) in [5.41, 5.74) is -0.475. The first-order valence-corrected chi connectivity index (χ1v) is 6.62. The van der Waals surface area contributed by atoms with Gasteiger partial charge in [0.05, 0.1) is 12.2 Å². The molecule has 0 heterocycles. The zero-order valence-corrected chi connectivity index (χ0v) is 10.8. The highest BCUT2D eigenvalue weighted by Gasteiger charge is 2.29. The van der Waals surface area contributed by atoms with Crippen molar-refractivity contribution in [3.8, 4) is 0 Å². The van der Waals surface area contributed by atoms with Crippen molar-refractivity contribution in [2.75, 3.05) is 26.8 Å². The standard InChI is InChI=1S/C13H27NO2/c1-3-12-5-4-7-13(15,8-6-12)11-14-9-10-16-2/h12,14-15H,3-11H2,1-2H3. The van der Waals surface area contributed by atoms with Crippen LogP contribution in [0.15, 0.2) is 0 Å². The molecule has 1 aliphatic carbocycles. The van der Waals surface area contributed by atoms with Crippen molar-refractivity contribution in [3.63, 3.8) is 0 Å². The van der Waals surface area contributed by atoms with E-state index in [1.807, 2.05) is 0 Å². The molecule has 0 aromatic carbocycles. The van der Waals surface area contributed by atoms with E-state index in [1.54, 1.807) is 7.11 Å². The van der Waals surface area contributed by atoms with Gasteiger partial charge in [0.25, 0.3) is 0 Å². The van der Waals surface area contributed by atoms with Gasteiger partial charge in [-0.2, -0.15) is 0 Å². The maximum Gasteiger partial charge on any atom is 0.0771 e. The molecule has 0 bridgehead atoms. The van der Waals surface area contributed by atoms with Crippen LogP contribution in [-0.4, -0.2) is 37.5 Å². The minimum Gasteiger partial charge on any atom is -0.389 e. The lowest BCUT2D eigenvalue weighted by Gasteiger charge is -2.27. The van der Waals surface area contributed by atoms with Gasteiger partial charge in [-0.15, -0.1) is 0 Å². The Morgan fingerprint density at radius 1 is 1.38 bits per heavy atom. The highest BCUT2D eigenvalue weighted by Crippen LogP contribution is 2.31. The molecule has 1 rings (SSSR count). The van der Waals surface area contributed by atoms with Gasteiger partial charge in [0.15, 0.2) is 0 Å². The van der Waals surface area contributed by atoms with E-state index in [9.17, 15) is 5.11 Å². The van der Waals surface area contributed by atoms with Crippen molar-refractivity contribution in [2.24, 2.45) is 5.92 Å². The second-order valence-corrected chi connectivity index (χ2v) is 5.10. The summed E-state index contributed by atoms with van der Waals surface area (Å²) >= 11 is 0. The van der Waals surface area contributed by atoms with Crippen molar-refractivity contribution in [2.45, 2.75) is 51.0 Å². The van der Waals surface area contributed by atoms with E-state index in [1.165, 1.54) is 25.7 Å². The fraction of sp³-hybridized carbons (Fsp3) is 1.00. The molecule has 0 radical (unpaired) electrons. The van der Waals surface area contributed by atoms with Gasteiger partial charge in [-0.25, -0.2) is 0 Å². The topological polar surface area (TPSA) is 41.5 Å². The highest BCUT2D eigenvalue weighted by molar-refractivity contribution is 4.85. The molecule has 0 aliphatic heterocycles. The third kappa shape index (κ3) is 4.81. The molecule has 96 valence electrons. The van der Waals surface area contributed by atoms with Crippen LogP contribution in [0.25, 0.3) is 0 Å². The maximum absolute atomic E-state index is 10.5. The van der Waals surface area contributed by atoms with E-state index in [2.05, 4.69) is 12.2 Å². The summed E-state index contributed by atoms with van der Waals surface area (Å²) in [7, 11) is 1.70. The van der Waals surface area contributed by atoms with E-state index in [0.29, 0.717) is 13.2 Å². The SMILES string of the molecule is CCC1CCCC(O)(CNCCOC)CC1. The third-order valence-electron chi connectivity index (χ3n) is 3.79. The Morgan fingerprint density at radius 3 is 2.88 bits per heavy atom. The number of aliphatic hydroxyl groups is 1. The zero-order valence-electron chi connectivity index (χ0n) is 10.8. The van der Waals surface area contributed by atoms with Gasteiger partial charge in [-0.05, 0) is 25.2 Å². The van der Waals surface area contributed by atoms with Crippen LogP contribution in [-0.2, 0) is 4.74 Å². The summed E-state index contributed by atoms with van der Waals surface area (Å²) in [5, 5.41) is 13.7. The van der Waals surface area contributed by atoms with Crippen molar-refractivity contribution < 1.29 is 9.84 Å². The van der Waals surface area contributed by atoms with Crippen LogP contribution in [0.1, 0.15) is 45.4 Å². The zero-order chi connectivity index (χ0) is 11.9. The number of rotatable bonds is 6. The van der Waals surface area contributed by atoms with Crippen LogP contribution in [0.2, 0.25) is 0 Å². The van der Waals surface area contributed by atoms with Crippen molar-refractivity contribution in [1.29, 1.82) is 0 Å². The number of hydrogen-bond donors (Lipinski definition) is 2. The first kappa shape index (κ1) is 13.9. The molecule has 0 spiro atoms. The minimum atomic E-state index is -0.475. The molecule has 3 heteroatoms. The van der Waals surface area contributed by atoms with Crippen LogP contribution in [0.4, 0.5) is 0 Å². The molecule has 1 fully saturated rings. The van der Waals surface area contributed by atoms with Gasteiger partial charge in [0.2, 0.25) is 0 Å². The van der Waals surface area contributed by atoms with Gasteiger partial charge in [0, 0.05) is 20.2 Å². The predicted molar refractivity (Wildman–Crippen MR) is 66.6 cm³/mol. The van der Waals surface area contributed by atoms with Crippen molar-refractivity contribution >= 4 is 0 Å². The smallest absolute Gasteiger partial charge is 0.0771 e. The molecule has 0 aromatic rings. The van der Waals surface area contributed by atoms with Crippen molar-refractivity contribution in [1.82, 2.24) is 5.32 Å². The second kappa shape index (κ2) is 7.25. The Morgan fingerprint density at radius 2 is 2.19 bits per heavy atom. The molecule has 3 nitrogen and oxygen atoms in total. The monoisotopic (exact) mass is 229 g/mol. The molecular formula is C13H27NO2. The molecule has 1 saturated carbocycles. The molecule has 0 aromatic heterocycles. The molecule has 2 unspecified atom stereocenters. The minimum absolute atomic E-state index is 0.475. The van der Waals surface area contributed by atoms with Gasteiger partial charge in [-0.3, -0.25) is 0 Å². The lowest BCUT2D eigenvalue weighted by Crippen LogP contribution is -2.41. The van der Waals surface area contributed by atoms with Gasteiger partial charge < -0.3 is 15.2 Å². The summed E-state index contributed by atoms with van der Waals surface area (Å²) < 4.78 is 4.98. The highest BCUT2D eigenvalue weighted by atomic mass is 16.5. The maximum atomic E-state index is 10.5. The van der Waals surface area contributed by atoms with E-state index in [0.717, 1.165) is 25.3 Å². The van der Waals surface area contributed by atoms with Crippen LogP contribution < -0.4 is 5.32 Å².